The van der Waals surface area contributed by atoms with Crippen LogP contribution in [-0.4, -0.2) is 12.4 Å². The fraction of sp³-hybridized carbons (Fsp3) is 0.308. The highest BCUT2D eigenvalue weighted by Gasteiger charge is 2.14. The van der Waals surface area contributed by atoms with E-state index in [9.17, 15) is 4.79 Å². The van der Waals surface area contributed by atoms with Gasteiger partial charge < -0.3 is 10.5 Å². The van der Waals surface area contributed by atoms with Gasteiger partial charge in [-0.1, -0.05) is 12.1 Å². The summed E-state index contributed by atoms with van der Waals surface area (Å²) in [6.07, 6.45) is 3.95. The molecule has 1 heterocycles. The van der Waals surface area contributed by atoms with Crippen molar-refractivity contribution in [3.8, 4) is 0 Å². The molecule has 1 aromatic rings. The highest BCUT2D eigenvalue weighted by molar-refractivity contribution is 5.93. The van der Waals surface area contributed by atoms with Crippen LogP contribution >= 0.6 is 0 Å². The molecule has 1 aliphatic rings. The van der Waals surface area contributed by atoms with E-state index in [0.717, 1.165) is 24.1 Å². The first-order valence-electron chi connectivity index (χ1n) is 5.46. The van der Waals surface area contributed by atoms with Crippen LogP contribution in [0.15, 0.2) is 36.1 Å². The minimum Gasteiger partial charge on any atom is -0.490 e. The summed E-state index contributed by atoms with van der Waals surface area (Å²) in [5.41, 5.74) is 7.46. The molecule has 0 radical (unpaired) electrons. The molecule has 0 bridgehead atoms. The van der Waals surface area contributed by atoms with E-state index in [4.69, 9.17) is 10.5 Å². The number of nitrogens with two attached hydrogens (primary N) is 1. The number of benzene rings is 1. The zero-order valence-corrected chi connectivity index (χ0v) is 9.11. The topological polar surface area (TPSA) is 52.3 Å². The number of hydrogen-bond donors (Lipinski definition) is 1. The van der Waals surface area contributed by atoms with Gasteiger partial charge in [0.2, 0.25) is 0 Å². The highest BCUT2D eigenvalue weighted by atomic mass is 16.5. The zero-order chi connectivity index (χ0) is 11.4. The molecule has 0 aromatic heterocycles. The number of carbonyl (C=O) groups is 1. The largest absolute Gasteiger partial charge is 0.490 e. The summed E-state index contributed by atoms with van der Waals surface area (Å²) >= 11 is 0. The number of nitrogen functional groups attached to an aromatic ring is 1. The number of hydrogen-bond acceptors (Lipinski definition) is 3. The standard InChI is InChI=1S/C13H15NO2/c14-11-6-3-10(4-7-11)5-8-12(15)13-2-1-9-16-13/h2-4,6-7H,1,5,8-9,14H2. The highest BCUT2D eigenvalue weighted by Crippen LogP contribution is 2.14. The summed E-state index contributed by atoms with van der Waals surface area (Å²) < 4.78 is 5.21. The smallest absolute Gasteiger partial charge is 0.197 e. The van der Waals surface area contributed by atoms with Crippen molar-refractivity contribution in [3.05, 3.63) is 41.7 Å². The van der Waals surface area contributed by atoms with E-state index in [0.29, 0.717) is 18.8 Å². The van der Waals surface area contributed by atoms with E-state index in [1.54, 1.807) is 0 Å². The Balaban J connectivity index is 1.87. The lowest BCUT2D eigenvalue weighted by atomic mass is 10.1. The summed E-state index contributed by atoms with van der Waals surface area (Å²) in [5, 5.41) is 0. The van der Waals surface area contributed by atoms with Crippen molar-refractivity contribution < 1.29 is 9.53 Å². The van der Waals surface area contributed by atoms with E-state index in [1.165, 1.54) is 0 Å². The molecule has 0 spiro atoms. The van der Waals surface area contributed by atoms with Gasteiger partial charge in [0, 0.05) is 18.5 Å². The second kappa shape index (κ2) is 4.84. The maximum atomic E-state index is 11.7. The van der Waals surface area contributed by atoms with Crippen molar-refractivity contribution in [3.63, 3.8) is 0 Å². The number of carbonyl (C=O) groups excluding carboxylic acids is 1. The Bertz CT molecular complexity index is 406. The van der Waals surface area contributed by atoms with Crippen molar-refractivity contribution in [2.75, 3.05) is 12.3 Å². The SMILES string of the molecule is Nc1ccc(CCC(=O)C2=CCCO2)cc1. The Labute approximate surface area is 94.9 Å². The Hall–Kier alpha value is -1.77. The molecule has 1 aliphatic heterocycles. The quantitative estimate of drug-likeness (QED) is 0.785. The third-order valence-corrected chi connectivity index (χ3v) is 2.60. The van der Waals surface area contributed by atoms with E-state index < -0.39 is 0 Å². The molecule has 1 aromatic carbocycles. The van der Waals surface area contributed by atoms with Crippen molar-refractivity contribution in [1.82, 2.24) is 0 Å². The normalized spacial score (nSPS) is 14.4. The molecule has 16 heavy (non-hydrogen) atoms. The van der Waals surface area contributed by atoms with Gasteiger partial charge in [-0.25, -0.2) is 0 Å². The molecular formula is C13H15NO2. The Morgan fingerprint density at radius 2 is 2.06 bits per heavy atom. The third kappa shape index (κ3) is 2.63. The van der Waals surface area contributed by atoms with E-state index in [2.05, 4.69) is 0 Å². The van der Waals surface area contributed by atoms with Gasteiger partial charge in [0.1, 0.15) is 0 Å². The molecule has 2 rings (SSSR count). The Morgan fingerprint density at radius 1 is 1.31 bits per heavy atom. The van der Waals surface area contributed by atoms with Gasteiger partial charge >= 0.3 is 0 Å². The molecule has 0 saturated carbocycles. The lowest BCUT2D eigenvalue weighted by Crippen LogP contribution is -2.04. The van der Waals surface area contributed by atoms with Crippen molar-refractivity contribution in [2.24, 2.45) is 0 Å². The molecular weight excluding hydrogens is 202 g/mol. The van der Waals surface area contributed by atoms with E-state index in [-0.39, 0.29) is 5.78 Å². The van der Waals surface area contributed by atoms with Crippen LogP contribution in [0, 0.1) is 0 Å². The second-order valence-electron chi connectivity index (χ2n) is 3.87. The first-order valence-corrected chi connectivity index (χ1v) is 5.46. The number of ether oxygens (including phenoxy) is 1. The van der Waals surface area contributed by atoms with E-state index in [1.807, 2.05) is 30.3 Å². The molecule has 0 fully saturated rings. The zero-order valence-electron chi connectivity index (χ0n) is 9.11. The van der Waals surface area contributed by atoms with Crippen LogP contribution in [0.2, 0.25) is 0 Å². The fourth-order valence-electron chi connectivity index (χ4n) is 1.68. The molecule has 84 valence electrons. The number of rotatable bonds is 4. The predicted octanol–water partition coefficient (Wildman–Crippen LogP) is 2.07. The summed E-state index contributed by atoms with van der Waals surface area (Å²) in [4.78, 5) is 11.7. The minimum atomic E-state index is 0.0920. The molecule has 0 unspecified atom stereocenters. The lowest BCUT2D eigenvalue weighted by Gasteiger charge is -2.03. The molecule has 2 N–H and O–H groups in total. The van der Waals surface area contributed by atoms with Crippen molar-refractivity contribution in [1.29, 1.82) is 0 Å². The monoisotopic (exact) mass is 217 g/mol. The number of ketones is 1. The average Bonchev–Trinajstić information content (AvgIpc) is 2.81. The third-order valence-electron chi connectivity index (χ3n) is 2.60. The van der Waals surface area contributed by atoms with Crippen LogP contribution in [0.5, 0.6) is 0 Å². The molecule has 0 saturated heterocycles. The van der Waals surface area contributed by atoms with Crippen molar-refractivity contribution >= 4 is 11.5 Å². The Kier molecular flexibility index (Phi) is 3.25. The maximum absolute atomic E-state index is 11.7. The maximum Gasteiger partial charge on any atom is 0.197 e. The number of allylic oxidation sites excluding steroid dienone is 1. The molecule has 0 amide bonds. The second-order valence-corrected chi connectivity index (χ2v) is 3.87. The first kappa shape index (κ1) is 10.7. The van der Waals surface area contributed by atoms with Gasteiger partial charge in [-0.15, -0.1) is 0 Å². The Morgan fingerprint density at radius 3 is 2.69 bits per heavy atom. The predicted molar refractivity (Wildman–Crippen MR) is 62.8 cm³/mol. The van der Waals surface area contributed by atoms with Crippen LogP contribution in [-0.2, 0) is 16.0 Å². The van der Waals surface area contributed by atoms with Crippen LogP contribution in [0.4, 0.5) is 5.69 Å². The van der Waals surface area contributed by atoms with Crippen molar-refractivity contribution in [2.45, 2.75) is 19.3 Å². The van der Waals surface area contributed by atoms with Gasteiger partial charge in [-0.2, -0.15) is 0 Å². The van der Waals surface area contributed by atoms with Crippen LogP contribution in [0.1, 0.15) is 18.4 Å². The number of Topliss-reactive ketones (excluding diaryl/α,β-unsaturated/α-hetero) is 1. The van der Waals surface area contributed by atoms with Crippen LogP contribution in [0.3, 0.4) is 0 Å². The lowest BCUT2D eigenvalue weighted by molar-refractivity contribution is -0.118. The molecule has 3 nitrogen and oxygen atoms in total. The van der Waals surface area contributed by atoms with Gasteiger partial charge in [0.05, 0.1) is 6.61 Å². The molecule has 3 heteroatoms. The molecule has 0 atom stereocenters. The first-order chi connectivity index (χ1) is 7.75. The summed E-state index contributed by atoms with van der Waals surface area (Å²) in [7, 11) is 0. The van der Waals surface area contributed by atoms with Crippen LogP contribution < -0.4 is 5.73 Å². The van der Waals surface area contributed by atoms with E-state index >= 15 is 0 Å². The number of aryl methyl sites for hydroxylation is 1. The molecule has 0 aliphatic carbocycles. The summed E-state index contributed by atoms with van der Waals surface area (Å²) in [5.74, 6) is 0.629. The average molecular weight is 217 g/mol. The minimum absolute atomic E-state index is 0.0920. The van der Waals surface area contributed by atoms with Crippen LogP contribution in [0.25, 0.3) is 0 Å². The fourth-order valence-corrected chi connectivity index (χ4v) is 1.68. The van der Waals surface area contributed by atoms with Gasteiger partial charge in [-0.05, 0) is 30.2 Å². The summed E-state index contributed by atoms with van der Waals surface area (Å²) in [6.45, 7) is 0.642. The summed E-state index contributed by atoms with van der Waals surface area (Å²) in [6, 6.07) is 7.61. The van der Waals surface area contributed by atoms with Gasteiger partial charge in [0.15, 0.2) is 11.5 Å². The number of anilines is 1. The van der Waals surface area contributed by atoms with Gasteiger partial charge in [0.25, 0.3) is 0 Å². The van der Waals surface area contributed by atoms with Gasteiger partial charge in [-0.3, -0.25) is 4.79 Å².